The molecule has 0 fully saturated rings. The van der Waals surface area contributed by atoms with Crippen LogP contribution in [0.1, 0.15) is 70.6 Å². The van der Waals surface area contributed by atoms with Gasteiger partial charge < -0.3 is 27.1 Å². The number of hydrogen-bond acceptors (Lipinski definition) is 14. The smallest absolute Gasteiger partial charge is 0.365 e. The van der Waals surface area contributed by atoms with Crippen molar-refractivity contribution in [3.8, 4) is 5.75 Å². The predicted molar refractivity (Wildman–Crippen MR) is 177 cm³/mol. The topological polar surface area (TPSA) is 281 Å². The van der Waals surface area contributed by atoms with Gasteiger partial charge in [0.15, 0.2) is 6.04 Å². The number of carbonyl (C=O) groups excluding carboxylic acids is 1. The average Bonchev–Trinajstić information content (AvgIpc) is 2.92. The number of allylic oxidation sites excluding steroid dienone is 3. The lowest BCUT2D eigenvalue weighted by Gasteiger charge is -2.34. The number of nitrogens with two attached hydrogens (primary N) is 2. The molecule has 0 spiro atoms. The number of rotatable bonds is 21. The van der Waals surface area contributed by atoms with E-state index in [4.69, 9.17) is 16.2 Å². The Kier molecular flexibility index (Phi) is 17.0. The van der Waals surface area contributed by atoms with Gasteiger partial charge >= 0.3 is 11.9 Å². The van der Waals surface area contributed by atoms with Crippen LogP contribution in [0.15, 0.2) is 41.5 Å². The number of ether oxygens (including phenoxy) is 1. The van der Waals surface area contributed by atoms with Crippen molar-refractivity contribution in [2.45, 2.75) is 78.2 Å². The van der Waals surface area contributed by atoms with Crippen LogP contribution in [0, 0.1) is 0 Å². The van der Waals surface area contributed by atoms with Crippen LogP contribution in [0.2, 0.25) is 0 Å². The summed E-state index contributed by atoms with van der Waals surface area (Å²) in [7, 11) is -11.0. The Morgan fingerprint density at radius 2 is 1.58 bits per heavy atom. The minimum atomic E-state index is -5.48. The molecule has 0 aromatic heterocycles. The van der Waals surface area contributed by atoms with E-state index in [9.17, 15) is 43.7 Å². The van der Waals surface area contributed by atoms with Crippen molar-refractivity contribution in [1.29, 1.82) is 0 Å². The minimum absolute atomic E-state index is 0.0724. The zero-order valence-corrected chi connectivity index (χ0v) is 31.5. The summed E-state index contributed by atoms with van der Waals surface area (Å²) >= 11 is 0. The zero-order chi connectivity index (χ0) is 38.7. The van der Waals surface area contributed by atoms with Crippen molar-refractivity contribution in [3.05, 3.63) is 52.6 Å². The molecule has 0 radical (unpaired) electrons. The third-order valence-corrected chi connectivity index (χ3v) is 8.38. The lowest BCUT2D eigenvalue weighted by atomic mass is 10.0. The van der Waals surface area contributed by atoms with Gasteiger partial charge in [-0.25, -0.2) is 30.0 Å². The molecule has 1 aromatic rings. The molecule has 0 aliphatic rings. The molecule has 50 heavy (non-hydrogen) atoms. The van der Waals surface area contributed by atoms with Crippen LogP contribution in [0.5, 0.6) is 5.75 Å². The zero-order valence-electron chi connectivity index (χ0n) is 29.1. The Balaban J connectivity index is 3.28. The Morgan fingerprint density at radius 1 is 0.960 bits per heavy atom. The van der Waals surface area contributed by atoms with Gasteiger partial charge in [0, 0.05) is 12.0 Å². The van der Waals surface area contributed by atoms with Crippen LogP contribution < -0.4 is 15.7 Å². The van der Waals surface area contributed by atoms with Gasteiger partial charge in [-0.1, -0.05) is 29.4 Å². The standard InChI is InChI=1S/C29H48N4O14S3/c1-20(2)10-8-11-21(3)15-17-32(29(30)31)16-9-12-25(33(5,6)7)28(34)45-22(4)27(47-50(41,42)43)23-13-14-26(46-49(38,39)40)24(18-23)19-44-48(35,36)37/h10,13-15,18,22,25,27H,8-9,11-12,16-17,19H2,1-7H3,(H5-,30,31,35,36,37,38,39,40,41,42,43)/p-1/b21-15+/t22?,25-,27?/m0/s1. The Hall–Kier alpha value is -3.15. The largest absolute Gasteiger partial charge is 0.726 e. The normalized spacial score (nSPS) is 14.7. The second-order valence-electron chi connectivity index (χ2n) is 12.6. The van der Waals surface area contributed by atoms with E-state index >= 15 is 0 Å². The molecule has 18 nitrogen and oxygen atoms in total. The maximum Gasteiger partial charge on any atom is 0.365 e. The van der Waals surface area contributed by atoms with Gasteiger partial charge in [-0.3, -0.25) is 24.4 Å². The monoisotopic (exact) mass is 771 g/mol. The van der Waals surface area contributed by atoms with E-state index in [0.29, 0.717) is 19.5 Å². The molecule has 0 aliphatic heterocycles. The number of benzene rings is 1. The fourth-order valence-electron chi connectivity index (χ4n) is 4.65. The van der Waals surface area contributed by atoms with Crippen molar-refractivity contribution >= 4 is 43.1 Å². The highest BCUT2D eigenvalue weighted by atomic mass is 32.3. The second-order valence-corrected chi connectivity index (χ2v) is 15.7. The average molecular weight is 772 g/mol. The molecular weight excluding hydrogens is 725 g/mol. The summed E-state index contributed by atoms with van der Waals surface area (Å²) in [5, 5.41) is 0. The fraction of sp³-hybridized carbons (Fsp3) is 0.586. The van der Waals surface area contributed by atoms with E-state index in [2.05, 4.69) is 18.6 Å². The summed E-state index contributed by atoms with van der Waals surface area (Å²) < 4.78 is 122. The predicted octanol–water partition coefficient (Wildman–Crippen LogP) is 0.786. The summed E-state index contributed by atoms with van der Waals surface area (Å²) in [4.78, 5) is 13.5. The first-order valence-electron chi connectivity index (χ1n) is 15.1. The van der Waals surface area contributed by atoms with E-state index in [0.717, 1.165) is 36.6 Å². The summed E-state index contributed by atoms with van der Waals surface area (Å²) in [5.41, 5.74) is 13.4. The summed E-state index contributed by atoms with van der Waals surface area (Å²) in [6.07, 6.45) is 3.24. The molecule has 0 heterocycles. The number of likely N-dealkylation sites (N-methyl/N-ethyl adjacent to an activating group) is 1. The van der Waals surface area contributed by atoms with Gasteiger partial charge in [-0.05, 0) is 64.7 Å². The third kappa shape index (κ3) is 18.2. The van der Waals surface area contributed by atoms with Crippen LogP contribution in [0.4, 0.5) is 0 Å². The van der Waals surface area contributed by atoms with E-state index in [1.54, 1.807) is 25.7 Å². The van der Waals surface area contributed by atoms with Gasteiger partial charge in [0.05, 0.1) is 40.8 Å². The van der Waals surface area contributed by atoms with Crippen molar-refractivity contribution in [2.75, 3.05) is 34.2 Å². The van der Waals surface area contributed by atoms with Crippen molar-refractivity contribution in [1.82, 2.24) is 0 Å². The minimum Gasteiger partial charge on any atom is -0.726 e. The first-order valence-corrected chi connectivity index (χ1v) is 19.1. The molecule has 0 amide bonds. The molecule has 3 atom stereocenters. The van der Waals surface area contributed by atoms with Crippen LogP contribution >= 0.6 is 0 Å². The van der Waals surface area contributed by atoms with Crippen molar-refractivity contribution in [3.63, 3.8) is 0 Å². The highest BCUT2D eigenvalue weighted by molar-refractivity contribution is 7.81. The summed E-state index contributed by atoms with van der Waals surface area (Å²) in [6.45, 7) is 6.95. The molecule has 2 unspecified atom stereocenters. The van der Waals surface area contributed by atoms with Gasteiger partial charge in [-0.15, -0.1) is 0 Å². The van der Waals surface area contributed by atoms with E-state index in [-0.39, 0.29) is 22.4 Å². The molecular formula is C29H47N4O14S3-. The van der Waals surface area contributed by atoms with E-state index < -0.39 is 73.3 Å². The molecule has 1 rings (SSSR count). The molecule has 4 N–H and O–H groups in total. The highest BCUT2D eigenvalue weighted by Gasteiger charge is 2.36. The molecule has 0 saturated carbocycles. The number of carbonyl (C=O) groups is 1. The maximum atomic E-state index is 13.5. The molecule has 0 bridgehead atoms. The van der Waals surface area contributed by atoms with Gasteiger partial charge in [0.2, 0.25) is 20.8 Å². The van der Waals surface area contributed by atoms with Crippen LogP contribution in [-0.4, -0.2) is 106 Å². The van der Waals surface area contributed by atoms with Gasteiger partial charge in [-0.2, -0.15) is 0 Å². The Morgan fingerprint density at radius 3 is 2.08 bits per heavy atom. The molecule has 0 aliphatic carbocycles. The molecule has 0 saturated heterocycles. The number of nitrogens with zero attached hydrogens (tertiary/aromatic N) is 2. The lowest BCUT2D eigenvalue weighted by Crippen LogP contribution is -2.51. The first-order chi connectivity index (χ1) is 22.7. The van der Waals surface area contributed by atoms with Crippen LogP contribution in [0.25, 0.3) is 0 Å². The maximum absolute atomic E-state index is 13.5. The van der Waals surface area contributed by atoms with Crippen LogP contribution in [0.3, 0.4) is 0 Å². The molecule has 21 heteroatoms. The Bertz CT molecular complexity index is 1740. The van der Waals surface area contributed by atoms with E-state index in [1.807, 2.05) is 26.8 Å². The first kappa shape index (κ1) is 44.9. The van der Waals surface area contributed by atoms with Gasteiger partial charge in [0.25, 0.3) is 10.4 Å². The molecule has 1 aromatic carbocycles. The number of esters is 1. The number of hydrogen-bond donors (Lipinski definition) is 2. The summed E-state index contributed by atoms with van der Waals surface area (Å²) in [5.74, 6) is -1.48. The van der Waals surface area contributed by atoms with Crippen LogP contribution in [-0.2, 0) is 55.7 Å². The fourth-order valence-corrected chi connectivity index (χ4v) is 5.83. The Labute approximate surface area is 294 Å². The lowest BCUT2D eigenvalue weighted by molar-refractivity contribution is -0.887. The third-order valence-electron chi connectivity index (χ3n) is 7.14. The van der Waals surface area contributed by atoms with Gasteiger partial charge in [0.1, 0.15) is 18.0 Å². The molecule has 286 valence electrons. The highest BCUT2D eigenvalue weighted by Crippen LogP contribution is 2.31. The summed E-state index contributed by atoms with van der Waals surface area (Å²) in [6, 6.07) is 1.79. The SMILES string of the molecule is CC(C)=CCC/C(C)=C/C[N+](CCC[C@@H](C(=O)OC(C)C(OS(=O)(=O)[O-])c1ccc(OS(=O)(=O)[O-])c(COS(=O)(=O)[O-])c1)[N+](C)(C)C)=C(N)N. The number of quaternary nitrogens is 1. The van der Waals surface area contributed by atoms with E-state index in [1.165, 1.54) is 12.5 Å². The second kappa shape index (κ2) is 18.9. The van der Waals surface area contributed by atoms with Crippen molar-refractivity contribution < 1.29 is 70.1 Å². The number of guanidine groups is 1. The quantitative estimate of drug-likeness (QED) is 0.0255. The van der Waals surface area contributed by atoms with Crippen molar-refractivity contribution in [2.24, 2.45) is 11.5 Å².